The van der Waals surface area contributed by atoms with E-state index in [9.17, 15) is 18.0 Å². The molecular weight excluding hydrogens is 279 g/mol. The molecule has 0 radical (unpaired) electrons. The number of ether oxygens (including phenoxy) is 2. The van der Waals surface area contributed by atoms with Gasteiger partial charge in [0.15, 0.2) is 6.23 Å². The van der Waals surface area contributed by atoms with E-state index in [1.54, 1.807) is 20.2 Å². The van der Waals surface area contributed by atoms with Crippen LogP contribution in [0.3, 0.4) is 0 Å². The fourth-order valence-corrected chi connectivity index (χ4v) is 1.47. The molecule has 0 bridgehead atoms. The lowest BCUT2D eigenvalue weighted by molar-refractivity contribution is -0.174. The molecule has 6 nitrogen and oxygen atoms in total. The molecule has 0 spiro atoms. The maximum Gasteiger partial charge on any atom is 0.399 e. The highest BCUT2D eigenvalue weighted by Crippen LogP contribution is 2.24. The highest BCUT2D eigenvalue weighted by molar-refractivity contribution is 5.70. The molecule has 0 aromatic carbocycles. The van der Waals surface area contributed by atoms with Gasteiger partial charge in [-0.25, -0.2) is 0 Å². The van der Waals surface area contributed by atoms with Gasteiger partial charge in [0, 0.05) is 13.5 Å². The number of hydrogen-bond acceptors (Lipinski definition) is 5. The molecule has 0 aliphatic rings. The lowest BCUT2D eigenvalue weighted by Crippen LogP contribution is -2.28. The van der Waals surface area contributed by atoms with Gasteiger partial charge < -0.3 is 14.8 Å². The van der Waals surface area contributed by atoms with E-state index < -0.39 is 24.8 Å². The van der Waals surface area contributed by atoms with Crippen molar-refractivity contribution in [3.05, 3.63) is 6.20 Å². The Hall–Kier alpha value is -1.93. The number of carbonyl (C=O) groups is 1. The van der Waals surface area contributed by atoms with Gasteiger partial charge in [0.25, 0.3) is 5.88 Å². The van der Waals surface area contributed by atoms with Crippen LogP contribution in [0.2, 0.25) is 0 Å². The molecule has 0 aliphatic carbocycles. The van der Waals surface area contributed by atoms with Crippen molar-refractivity contribution < 1.29 is 27.4 Å². The molecule has 1 aromatic rings. The summed E-state index contributed by atoms with van der Waals surface area (Å²) >= 11 is 0. The average Bonchev–Trinajstić information content (AvgIpc) is 2.66. The quantitative estimate of drug-likeness (QED) is 0.643. The van der Waals surface area contributed by atoms with Crippen molar-refractivity contribution in [3.63, 3.8) is 0 Å². The van der Waals surface area contributed by atoms with E-state index in [2.05, 4.69) is 10.4 Å². The number of methoxy groups -OCH3 is 1. The van der Waals surface area contributed by atoms with Crippen molar-refractivity contribution in [2.75, 3.05) is 12.4 Å². The number of rotatable bonds is 6. The molecule has 1 aromatic heterocycles. The molecular formula is C11H16F3N3O3. The summed E-state index contributed by atoms with van der Waals surface area (Å²) < 4.78 is 47.3. The molecule has 0 aliphatic heterocycles. The first-order chi connectivity index (χ1) is 9.25. The van der Waals surface area contributed by atoms with Crippen molar-refractivity contribution >= 4 is 11.7 Å². The molecule has 0 saturated heterocycles. The first-order valence-electron chi connectivity index (χ1n) is 5.85. The van der Waals surface area contributed by atoms with E-state index in [0.29, 0.717) is 12.1 Å². The predicted octanol–water partition coefficient (Wildman–Crippen LogP) is 2.07. The second kappa shape index (κ2) is 6.49. The summed E-state index contributed by atoms with van der Waals surface area (Å²) in [6, 6.07) is 0. The Morgan fingerprint density at radius 2 is 2.20 bits per heavy atom. The molecule has 114 valence electrons. The van der Waals surface area contributed by atoms with Crippen LogP contribution < -0.4 is 10.1 Å². The molecule has 1 N–H and O–H groups in total. The van der Waals surface area contributed by atoms with Gasteiger partial charge in [0.2, 0.25) is 0 Å². The lowest BCUT2D eigenvalue weighted by atomic mass is 10.3. The maximum atomic E-state index is 12.1. The van der Waals surface area contributed by atoms with Crippen LogP contribution in [0.1, 0.15) is 19.8 Å². The SMILES string of the molecule is CCC(Nc1cn(C)nc1OC)OC(=O)CC(F)(F)F. The number of hydrogen-bond donors (Lipinski definition) is 1. The molecule has 1 heterocycles. The smallest absolute Gasteiger partial charge is 0.399 e. The van der Waals surface area contributed by atoms with E-state index in [4.69, 9.17) is 9.47 Å². The number of carbonyl (C=O) groups excluding carboxylic acids is 1. The highest BCUT2D eigenvalue weighted by Gasteiger charge is 2.33. The minimum atomic E-state index is -4.58. The molecule has 1 unspecified atom stereocenters. The van der Waals surface area contributed by atoms with Crippen LogP contribution in [0, 0.1) is 0 Å². The third-order valence-electron chi connectivity index (χ3n) is 2.29. The Bertz CT molecular complexity index is 460. The van der Waals surface area contributed by atoms with Crippen molar-refractivity contribution in [2.45, 2.75) is 32.2 Å². The van der Waals surface area contributed by atoms with Crippen LogP contribution in [0.5, 0.6) is 5.88 Å². The first-order valence-corrected chi connectivity index (χ1v) is 5.85. The predicted molar refractivity (Wildman–Crippen MR) is 64.2 cm³/mol. The van der Waals surface area contributed by atoms with Gasteiger partial charge in [-0.1, -0.05) is 6.92 Å². The third-order valence-corrected chi connectivity index (χ3v) is 2.29. The summed E-state index contributed by atoms with van der Waals surface area (Å²) in [6.07, 6.45) is -5.22. The summed E-state index contributed by atoms with van der Waals surface area (Å²) in [6.45, 7) is 1.67. The topological polar surface area (TPSA) is 65.4 Å². The van der Waals surface area contributed by atoms with Crippen molar-refractivity contribution in [2.24, 2.45) is 7.05 Å². The number of aromatic nitrogens is 2. The number of nitrogens with zero attached hydrogens (tertiary/aromatic N) is 2. The standard InChI is InChI=1S/C11H16F3N3O3/c1-4-8(20-9(18)5-11(12,13)14)15-7-6-17(2)16-10(7)19-3/h6,8,15H,4-5H2,1-3H3. The fourth-order valence-electron chi connectivity index (χ4n) is 1.47. The van der Waals surface area contributed by atoms with Crippen molar-refractivity contribution in [1.82, 2.24) is 9.78 Å². The molecule has 0 fully saturated rings. The van der Waals surface area contributed by atoms with Crippen LogP contribution in [0.25, 0.3) is 0 Å². The zero-order valence-electron chi connectivity index (χ0n) is 11.3. The molecule has 0 amide bonds. The Morgan fingerprint density at radius 1 is 1.55 bits per heavy atom. The van der Waals surface area contributed by atoms with E-state index in [1.807, 2.05) is 0 Å². The van der Waals surface area contributed by atoms with Gasteiger partial charge in [0.05, 0.1) is 13.3 Å². The number of alkyl halides is 3. The minimum Gasteiger partial charge on any atom is -0.478 e. The van der Waals surface area contributed by atoms with E-state index in [1.165, 1.54) is 11.8 Å². The van der Waals surface area contributed by atoms with Crippen LogP contribution in [0.4, 0.5) is 18.9 Å². The Kier molecular flexibility index (Phi) is 5.23. The Balaban J connectivity index is 2.65. The third kappa shape index (κ3) is 4.98. The fraction of sp³-hybridized carbons (Fsp3) is 0.636. The van der Waals surface area contributed by atoms with Gasteiger partial charge in [-0.15, -0.1) is 5.10 Å². The largest absolute Gasteiger partial charge is 0.478 e. The summed E-state index contributed by atoms with van der Waals surface area (Å²) in [5.41, 5.74) is 0.432. The Morgan fingerprint density at radius 3 is 2.70 bits per heavy atom. The summed E-state index contributed by atoms with van der Waals surface area (Å²) in [5, 5.41) is 6.73. The monoisotopic (exact) mass is 295 g/mol. The summed E-state index contributed by atoms with van der Waals surface area (Å²) in [4.78, 5) is 11.1. The number of aryl methyl sites for hydroxylation is 1. The second-order valence-corrected chi connectivity index (χ2v) is 4.05. The van der Waals surface area contributed by atoms with Crippen molar-refractivity contribution in [1.29, 1.82) is 0 Å². The number of nitrogens with one attached hydrogen (secondary N) is 1. The average molecular weight is 295 g/mol. The van der Waals surface area contributed by atoms with Crippen LogP contribution in [-0.2, 0) is 16.6 Å². The van der Waals surface area contributed by atoms with E-state index in [0.717, 1.165) is 0 Å². The van der Waals surface area contributed by atoms with Crippen LogP contribution in [-0.4, -0.2) is 35.3 Å². The molecule has 0 saturated carbocycles. The molecule has 20 heavy (non-hydrogen) atoms. The van der Waals surface area contributed by atoms with Crippen molar-refractivity contribution in [3.8, 4) is 5.88 Å². The lowest BCUT2D eigenvalue weighted by Gasteiger charge is -2.18. The second-order valence-electron chi connectivity index (χ2n) is 4.05. The summed E-state index contributed by atoms with van der Waals surface area (Å²) in [5.74, 6) is -1.07. The van der Waals surface area contributed by atoms with Crippen LogP contribution in [0.15, 0.2) is 6.20 Å². The zero-order chi connectivity index (χ0) is 15.3. The highest BCUT2D eigenvalue weighted by atomic mass is 19.4. The van der Waals surface area contributed by atoms with Gasteiger partial charge in [-0.3, -0.25) is 9.48 Å². The number of halogens is 3. The van der Waals surface area contributed by atoms with Gasteiger partial charge in [-0.2, -0.15) is 13.2 Å². The van der Waals surface area contributed by atoms with Gasteiger partial charge in [-0.05, 0) is 0 Å². The van der Waals surface area contributed by atoms with Gasteiger partial charge >= 0.3 is 12.1 Å². The maximum absolute atomic E-state index is 12.1. The number of esters is 1. The normalized spacial score (nSPS) is 12.9. The Labute approximate surface area is 113 Å². The minimum absolute atomic E-state index is 0.262. The van der Waals surface area contributed by atoms with Gasteiger partial charge in [0.1, 0.15) is 12.1 Å². The van der Waals surface area contributed by atoms with Crippen LogP contribution >= 0.6 is 0 Å². The molecule has 1 atom stereocenters. The van der Waals surface area contributed by atoms with E-state index in [-0.39, 0.29) is 5.88 Å². The number of anilines is 1. The van der Waals surface area contributed by atoms with E-state index >= 15 is 0 Å². The first kappa shape index (κ1) is 16.1. The molecule has 1 rings (SSSR count). The zero-order valence-corrected chi connectivity index (χ0v) is 11.3. The molecule has 9 heteroatoms. The summed E-state index contributed by atoms with van der Waals surface area (Å²) in [7, 11) is 3.06.